The molecule has 6 heteroatoms. The van der Waals surface area contributed by atoms with Gasteiger partial charge in [0.05, 0.1) is 17.0 Å². The molecule has 0 aliphatic carbocycles. The van der Waals surface area contributed by atoms with Crippen molar-refractivity contribution in [3.05, 3.63) is 12.7 Å². The van der Waals surface area contributed by atoms with Crippen LogP contribution in [-0.4, -0.2) is 38.0 Å². The quantitative estimate of drug-likeness (QED) is 0.415. The average Bonchev–Trinajstić information content (AvgIpc) is 2.12. The molecule has 0 aromatic carbocycles. The molecule has 0 amide bonds. The molecular formula is C10H21N3O2S. The predicted molar refractivity (Wildman–Crippen MR) is 68.2 cm³/mol. The van der Waals surface area contributed by atoms with Crippen LogP contribution in [0.2, 0.25) is 0 Å². The maximum atomic E-state index is 11.7. The number of hydrogen-bond donors (Lipinski definition) is 2. The lowest BCUT2D eigenvalue weighted by Gasteiger charge is -2.18. The molecule has 0 fully saturated rings. The van der Waals surface area contributed by atoms with E-state index in [0.29, 0.717) is 6.54 Å². The minimum absolute atomic E-state index is 0.00691. The van der Waals surface area contributed by atoms with Crippen molar-refractivity contribution in [3.63, 3.8) is 0 Å². The third-order valence-corrected chi connectivity index (χ3v) is 4.59. The highest BCUT2D eigenvalue weighted by Crippen LogP contribution is 2.15. The van der Waals surface area contributed by atoms with Crippen molar-refractivity contribution in [2.45, 2.75) is 25.5 Å². The summed E-state index contributed by atoms with van der Waals surface area (Å²) in [5, 5.41) is 2.77. The van der Waals surface area contributed by atoms with Crippen LogP contribution < -0.4 is 11.1 Å². The molecule has 0 saturated carbocycles. The maximum absolute atomic E-state index is 11.7. The number of nitrogens with zero attached hydrogens (tertiary/aromatic N) is 1. The maximum Gasteiger partial charge on any atom is 0.188 e. The Kier molecular flexibility index (Phi) is 5.50. The average molecular weight is 247 g/mol. The molecule has 0 spiro atoms. The minimum Gasteiger partial charge on any atom is -0.370 e. The van der Waals surface area contributed by atoms with Gasteiger partial charge >= 0.3 is 0 Å². The molecule has 5 nitrogen and oxygen atoms in total. The van der Waals surface area contributed by atoms with Gasteiger partial charge in [0.25, 0.3) is 0 Å². The minimum atomic E-state index is -3.12. The van der Waals surface area contributed by atoms with Gasteiger partial charge in [0, 0.05) is 6.54 Å². The van der Waals surface area contributed by atoms with Crippen molar-refractivity contribution < 1.29 is 8.42 Å². The van der Waals surface area contributed by atoms with Crippen LogP contribution in [0.15, 0.2) is 17.6 Å². The predicted octanol–water partition coefficient (Wildman–Crippen LogP) is 0.290. The highest BCUT2D eigenvalue weighted by Gasteiger charge is 2.28. The van der Waals surface area contributed by atoms with E-state index in [1.165, 1.54) is 0 Å². The van der Waals surface area contributed by atoms with Gasteiger partial charge in [-0.05, 0) is 20.8 Å². The summed E-state index contributed by atoms with van der Waals surface area (Å²) in [4.78, 5) is 3.92. The Labute approximate surface area is 97.7 Å². The van der Waals surface area contributed by atoms with Crippen molar-refractivity contribution in [2.75, 3.05) is 18.8 Å². The topological polar surface area (TPSA) is 84.5 Å². The molecule has 0 aliphatic heterocycles. The summed E-state index contributed by atoms with van der Waals surface area (Å²) in [5.41, 5.74) is 5.49. The van der Waals surface area contributed by atoms with Crippen molar-refractivity contribution in [3.8, 4) is 0 Å². The van der Waals surface area contributed by atoms with Crippen LogP contribution in [0.3, 0.4) is 0 Å². The van der Waals surface area contributed by atoms with Gasteiger partial charge in [-0.2, -0.15) is 0 Å². The van der Waals surface area contributed by atoms with Crippen LogP contribution in [0.25, 0.3) is 0 Å². The Morgan fingerprint density at radius 2 is 2.06 bits per heavy atom. The van der Waals surface area contributed by atoms with Crippen LogP contribution in [-0.2, 0) is 9.84 Å². The van der Waals surface area contributed by atoms with Gasteiger partial charge < -0.3 is 11.1 Å². The second-order valence-corrected chi connectivity index (χ2v) is 7.23. The molecule has 0 bridgehead atoms. The lowest BCUT2D eigenvalue weighted by atomic mass is 10.3. The van der Waals surface area contributed by atoms with E-state index < -0.39 is 14.6 Å². The summed E-state index contributed by atoms with van der Waals surface area (Å²) in [5.74, 6) is 0.247. The standard InChI is InChI=1S/C10H21N3O2S/c1-5-6-12-9(11)13-7-8-16(14,15)10(2,3)4/h5H,1,6-8H2,2-4H3,(H3,11,12,13). The van der Waals surface area contributed by atoms with Gasteiger partial charge in [0.1, 0.15) is 0 Å². The van der Waals surface area contributed by atoms with E-state index in [0.717, 1.165) is 0 Å². The first-order chi connectivity index (χ1) is 7.20. The fourth-order valence-corrected chi connectivity index (χ4v) is 1.77. The molecule has 0 rings (SSSR count). The van der Waals surface area contributed by atoms with Crippen molar-refractivity contribution in [1.82, 2.24) is 5.32 Å². The molecule has 0 heterocycles. The van der Waals surface area contributed by atoms with E-state index in [1.54, 1.807) is 26.8 Å². The number of rotatable bonds is 5. The first kappa shape index (κ1) is 15.0. The summed E-state index contributed by atoms with van der Waals surface area (Å²) in [6.45, 7) is 9.22. The monoisotopic (exact) mass is 247 g/mol. The Hall–Kier alpha value is -1.04. The second kappa shape index (κ2) is 5.89. The molecule has 0 saturated heterocycles. The number of nitrogens with two attached hydrogens (primary N) is 1. The van der Waals surface area contributed by atoms with Gasteiger partial charge in [-0.15, -0.1) is 6.58 Å². The zero-order valence-corrected chi connectivity index (χ0v) is 11.0. The Morgan fingerprint density at radius 3 is 2.50 bits per heavy atom. The van der Waals surface area contributed by atoms with Gasteiger partial charge in [-0.3, -0.25) is 4.99 Å². The van der Waals surface area contributed by atoms with Crippen LogP contribution in [0.1, 0.15) is 20.8 Å². The zero-order valence-electron chi connectivity index (χ0n) is 10.2. The molecule has 16 heavy (non-hydrogen) atoms. The SMILES string of the molecule is C=CCNC(N)=NCCS(=O)(=O)C(C)(C)C. The van der Waals surface area contributed by atoms with Gasteiger partial charge in [-0.25, -0.2) is 8.42 Å². The number of sulfone groups is 1. The summed E-state index contributed by atoms with van der Waals surface area (Å²) >= 11 is 0. The molecule has 0 aliphatic rings. The first-order valence-electron chi connectivity index (χ1n) is 5.07. The smallest absolute Gasteiger partial charge is 0.188 e. The van der Waals surface area contributed by atoms with E-state index >= 15 is 0 Å². The summed E-state index contributed by atoms with van der Waals surface area (Å²) in [6.07, 6.45) is 1.65. The van der Waals surface area contributed by atoms with Crippen molar-refractivity contribution >= 4 is 15.8 Å². The van der Waals surface area contributed by atoms with Gasteiger partial charge in [0.2, 0.25) is 0 Å². The molecule has 3 N–H and O–H groups in total. The van der Waals surface area contributed by atoms with E-state index in [4.69, 9.17) is 5.73 Å². The molecule has 0 aromatic rings. The lowest BCUT2D eigenvalue weighted by Crippen LogP contribution is -2.34. The fraction of sp³-hybridized carbons (Fsp3) is 0.700. The Bertz CT molecular complexity index is 353. The summed E-state index contributed by atoms with van der Waals surface area (Å²) in [6, 6.07) is 0. The van der Waals surface area contributed by atoms with Crippen LogP contribution in [0, 0.1) is 0 Å². The number of guanidine groups is 1. The molecule has 0 atom stereocenters. The normalized spacial score (nSPS) is 13.6. The largest absolute Gasteiger partial charge is 0.370 e. The summed E-state index contributed by atoms with van der Waals surface area (Å²) < 4.78 is 22.7. The van der Waals surface area contributed by atoms with Crippen molar-refractivity contribution in [1.29, 1.82) is 0 Å². The zero-order chi connectivity index (χ0) is 12.8. The third-order valence-electron chi connectivity index (χ3n) is 2.00. The first-order valence-corrected chi connectivity index (χ1v) is 6.73. The van der Waals surface area contributed by atoms with Crippen LogP contribution in [0.4, 0.5) is 0 Å². The van der Waals surface area contributed by atoms with E-state index in [2.05, 4.69) is 16.9 Å². The van der Waals surface area contributed by atoms with Crippen molar-refractivity contribution in [2.24, 2.45) is 10.7 Å². The second-order valence-electron chi connectivity index (χ2n) is 4.37. The fourth-order valence-electron chi connectivity index (χ4n) is 0.825. The molecule has 0 radical (unpaired) electrons. The molecule has 0 aromatic heterocycles. The highest BCUT2D eigenvalue weighted by molar-refractivity contribution is 7.92. The Balaban J connectivity index is 4.22. The molecular weight excluding hydrogens is 226 g/mol. The number of hydrogen-bond acceptors (Lipinski definition) is 3. The third kappa shape index (κ3) is 5.16. The Morgan fingerprint density at radius 1 is 1.50 bits per heavy atom. The number of aliphatic imine (C=N–C) groups is 1. The summed E-state index contributed by atoms with van der Waals surface area (Å²) in [7, 11) is -3.12. The molecule has 0 unspecified atom stereocenters. The van der Waals surface area contributed by atoms with Gasteiger partial charge in [-0.1, -0.05) is 6.08 Å². The molecule has 94 valence electrons. The lowest BCUT2D eigenvalue weighted by molar-refractivity contribution is 0.560. The van der Waals surface area contributed by atoms with Crippen LogP contribution >= 0.6 is 0 Å². The highest BCUT2D eigenvalue weighted by atomic mass is 32.2. The van der Waals surface area contributed by atoms with E-state index in [-0.39, 0.29) is 18.3 Å². The van der Waals surface area contributed by atoms with Crippen LogP contribution in [0.5, 0.6) is 0 Å². The van der Waals surface area contributed by atoms with E-state index in [1.807, 2.05) is 0 Å². The number of nitrogens with one attached hydrogen (secondary N) is 1. The van der Waals surface area contributed by atoms with Gasteiger partial charge in [0.15, 0.2) is 15.8 Å². The van der Waals surface area contributed by atoms with E-state index in [9.17, 15) is 8.42 Å².